The van der Waals surface area contributed by atoms with Crippen molar-refractivity contribution in [2.24, 2.45) is 17.8 Å². The van der Waals surface area contributed by atoms with Crippen molar-refractivity contribution >= 4 is 11.8 Å². The molecule has 29 heavy (non-hydrogen) atoms. The molecule has 1 aliphatic heterocycles. The normalized spacial score (nSPS) is 17.2. The van der Waals surface area contributed by atoms with Crippen LogP contribution >= 0.6 is 0 Å². The second-order valence-corrected chi connectivity index (χ2v) is 8.94. The van der Waals surface area contributed by atoms with Crippen LogP contribution in [0, 0.1) is 17.8 Å². The van der Waals surface area contributed by atoms with Gasteiger partial charge in [0.2, 0.25) is 0 Å². The van der Waals surface area contributed by atoms with E-state index in [2.05, 4.69) is 30.5 Å². The minimum atomic E-state index is -0.851. The summed E-state index contributed by atoms with van der Waals surface area (Å²) in [7, 11) is 0. The van der Waals surface area contributed by atoms with E-state index in [0.29, 0.717) is 18.7 Å². The molecule has 0 aliphatic carbocycles. The lowest BCUT2D eigenvalue weighted by Crippen LogP contribution is -2.56. The third-order valence-corrected chi connectivity index (χ3v) is 5.69. The second-order valence-electron chi connectivity index (χ2n) is 8.94. The Morgan fingerprint density at radius 2 is 2.07 bits per heavy atom. The van der Waals surface area contributed by atoms with Gasteiger partial charge in [-0.3, -0.25) is 4.79 Å². The third kappa shape index (κ3) is 5.09. The van der Waals surface area contributed by atoms with E-state index in [9.17, 15) is 15.0 Å². The van der Waals surface area contributed by atoms with Crippen LogP contribution < -0.4 is 4.90 Å². The molecule has 0 spiro atoms. The van der Waals surface area contributed by atoms with Crippen LogP contribution in [0.1, 0.15) is 51.4 Å². The Balaban J connectivity index is 1.72. The van der Waals surface area contributed by atoms with Gasteiger partial charge in [-0.05, 0) is 44.2 Å². The van der Waals surface area contributed by atoms with Crippen molar-refractivity contribution in [3.05, 3.63) is 29.7 Å². The third-order valence-electron chi connectivity index (χ3n) is 5.69. The Morgan fingerprint density at radius 3 is 2.55 bits per heavy atom. The van der Waals surface area contributed by atoms with Crippen molar-refractivity contribution in [1.82, 2.24) is 25.6 Å². The number of nitrogens with one attached hydrogen (secondary N) is 1. The smallest absolute Gasteiger partial charge is 0.307 e. The van der Waals surface area contributed by atoms with E-state index in [0.717, 1.165) is 24.5 Å². The zero-order valence-electron chi connectivity index (χ0n) is 17.4. The zero-order valence-corrected chi connectivity index (χ0v) is 17.4. The first kappa shape index (κ1) is 21.2. The molecule has 0 bridgehead atoms. The number of rotatable bonds is 9. The maximum atomic E-state index is 11.9. The van der Waals surface area contributed by atoms with E-state index in [1.54, 1.807) is 6.20 Å². The van der Waals surface area contributed by atoms with Gasteiger partial charge >= 0.3 is 5.97 Å². The lowest BCUT2D eigenvalue weighted by atomic mass is 9.81. The number of nitrogens with zero attached hydrogens (tertiary/aromatic N) is 5. The summed E-state index contributed by atoms with van der Waals surface area (Å²) in [5.74, 6) is -0.0864. The number of carbonyl (C=O) groups is 1. The maximum absolute atomic E-state index is 11.9. The summed E-state index contributed by atoms with van der Waals surface area (Å²) < 4.78 is 0. The summed E-state index contributed by atoms with van der Waals surface area (Å²) in [4.78, 5) is 18.6. The molecule has 9 nitrogen and oxygen atoms in total. The van der Waals surface area contributed by atoms with E-state index in [4.69, 9.17) is 0 Å². The highest BCUT2D eigenvalue weighted by atomic mass is 16.4. The van der Waals surface area contributed by atoms with Gasteiger partial charge in [-0.2, -0.15) is 5.21 Å². The molecule has 2 aromatic rings. The number of carboxylic acid groups (broad SMARTS) is 1. The van der Waals surface area contributed by atoms with Crippen LogP contribution in [0.15, 0.2) is 18.3 Å². The van der Waals surface area contributed by atoms with Gasteiger partial charge in [0, 0.05) is 31.1 Å². The van der Waals surface area contributed by atoms with Gasteiger partial charge in [-0.1, -0.05) is 25.1 Å². The Hall–Kier alpha value is -2.55. The Bertz CT molecular complexity index is 795. The summed E-state index contributed by atoms with van der Waals surface area (Å²) in [5, 5.41) is 34.0. The van der Waals surface area contributed by atoms with Crippen LogP contribution in [0.4, 0.5) is 5.82 Å². The zero-order chi connectivity index (χ0) is 21.2. The number of H-pyrrole nitrogens is 1. The predicted octanol–water partition coefficient (Wildman–Crippen LogP) is 1.87. The molecule has 0 saturated carbocycles. The van der Waals surface area contributed by atoms with Crippen LogP contribution in [0.3, 0.4) is 0 Å². The lowest BCUT2D eigenvalue weighted by Gasteiger charge is -2.45. The van der Waals surface area contributed by atoms with Gasteiger partial charge in [0.05, 0.1) is 11.5 Å². The summed E-state index contributed by atoms with van der Waals surface area (Å²) in [6.07, 6.45) is 2.79. The Kier molecular flexibility index (Phi) is 6.16. The van der Waals surface area contributed by atoms with E-state index >= 15 is 0 Å². The van der Waals surface area contributed by atoms with Crippen molar-refractivity contribution in [2.45, 2.75) is 52.1 Å². The molecule has 3 N–H and O–H groups in total. The molecule has 0 amide bonds. The van der Waals surface area contributed by atoms with E-state index in [1.807, 2.05) is 39.8 Å². The average Bonchev–Trinajstić information content (AvgIpc) is 3.10. The molecule has 2 aromatic heterocycles. The molecule has 1 saturated heterocycles. The quantitative estimate of drug-likeness (QED) is 0.580. The standard InChI is InChI=1S/C20H30N6O3/c1-12(2)7-16(19(27)28)15(18-22-24-25-23-18)8-13-5-6-17(21-9-13)26-10-14(11-26)20(3,4)29/h5-6,9,12,14-16,29H,7-8,10-11H2,1-4H3,(H,27,28)(H,22,23,24,25)/t15-,16-/m0/s1. The van der Waals surface area contributed by atoms with Crippen LogP contribution in [0.5, 0.6) is 0 Å². The fourth-order valence-corrected chi connectivity index (χ4v) is 3.78. The number of aliphatic carboxylic acids is 1. The van der Waals surface area contributed by atoms with Gasteiger partial charge in [-0.25, -0.2) is 4.98 Å². The van der Waals surface area contributed by atoms with Gasteiger partial charge in [-0.15, -0.1) is 10.2 Å². The molecule has 2 atom stereocenters. The number of pyridine rings is 1. The molecule has 1 fully saturated rings. The number of carboxylic acids is 1. The first-order valence-corrected chi connectivity index (χ1v) is 10.0. The number of tetrazole rings is 1. The number of hydrogen-bond acceptors (Lipinski definition) is 7. The molecule has 0 aromatic carbocycles. The summed E-state index contributed by atoms with van der Waals surface area (Å²) in [6.45, 7) is 9.23. The number of aliphatic hydroxyl groups is 1. The van der Waals surface area contributed by atoms with Crippen LogP contribution in [0.2, 0.25) is 0 Å². The highest BCUT2D eigenvalue weighted by molar-refractivity contribution is 5.71. The predicted molar refractivity (Wildman–Crippen MR) is 107 cm³/mol. The van der Waals surface area contributed by atoms with Gasteiger partial charge < -0.3 is 15.1 Å². The van der Waals surface area contributed by atoms with E-state index < -0.39 is 17.5 Å². The molecule has 1 aliphatic rings. The molecular formula is C20H30N6O3. The minimum absolute atomic E-state index is 0.235. The Morgan fingerprint density at radius 1 is 1.34 bits per heavy atom. The van der Waals surface area contributed by atoms with Crippen molar-refractivity contribution in [3.8, 4) is 0 Å². The second kappa shape index (κ2) is 8.44. The van der Waals surface area contributed by atoms with Crippen LogP contribution in [0.25, 0.3) is 0 Å². The largest absolute Gasteiger partial charge is 0.481 e. The first-order chi connectivity index (χ1) is 13.6. The monoisotopic (exact) mass is 402 g/mol. The molecule has 0 radical (unpaired) electrons. The molecule has 9 heteroatoms. The number of aromatic nitrogens is 5. The summed E-state index contributed by atoms with van der Waals surface area (Å²) in [5.41, 5.74) is 0.245. The topological polar surface area (TPSA) is 128 Å². The SMILES string of the molecule is CC(C)C[C@H](C(=O)O)[C@H](Cc1ccc(N2CC(C(C)(C)O)C2)nc1)c1nn[nH]n1. The Labute approximate surface area is 170 Å². The molecular weight excluding hydrogens is 372 g/mol. The van der Waals surface area contributed by atoms with Gasteiger partial charge in [0.25, 0.3) is 0 Å². The van der Waals surface area contributed by atoms with Crippen molar-refractivity contribution in [1.29, 1.82) is 0 Å². The van der Waals surface area contributed by atoms with Crippen molar-refractivity contribution in [3.63, 3.8) is 0 Å². The lowest BCUT2D eigenvalue weighted by molar-refractivity contribution is -0.143. The van der Waals surface area contributed by atoms with Crippen LogP contribution in [-0.2, 0) is 11.2 Å². The first-order valence-electron chi connectivity index (χ1n) is 10.0. The fourth-order valence-electron chi connectivity index (χ4n) is 3.78. The van der Waals surface area contributed by atoms with Crippen LogP contribution in [-0.4, -0.2) is 60.5 Å². The van der Waals surface area contributed by atoms with E-state index in [1.165, 1.54) is 0 Å². The van der Waals surface area contributed by atoms with Crippen molar-refractivity contribution < 1.29 is 15.0 Å². The highest BCUT2D eigenvalue weighted by Crippen LogP contribution is 2.33. The summed E-state index contributed by atoms with van der Waals surface area (Å²) in [6, 6.07) is 3.92. The number of hydrogen-bond donors (Lipinski definition) is 3. The summed E-state index contributed by atoms with van der Waals surface area (Å²) >= 11 is 0. The van der Waals surface area contributed by atoms with Gasteiger partial charge in [0.1, 0.15) is 5.82 Å². The number of anilines is 1. The molecule has 0 unspecified atom stereocenters. The van der Waals surface area contributed by atoms with E-state index in [-0.39, 0.29) is 17.8 Å². The molecule has 3 heterocycles. The molecule has 3 rings (SSSR count). The maximum Gasteiger partial charge on any atom is 0.307 e. The number of aromatic amines is 1. The van der Waals surface area contributed by atoms with Crippen molar-refractivity contribution in [2.75, 3.05) is 18.0 Å². The average molecular weight is 402 g/mol. The highest BCUT2D eigenvalue weighted by Gasteiger charge is 2.38. The fraction of sp³-hybridized carbons (Fsp3) is 0.650. The minimum Gasteiger partial charge on any atom is -0.481 e. The molecule has 158 valence electrons. The van der Waals surface area contributed by atoms with Gasteiger partial charge in [0.15, 0.2) is 5.82 Å².